The SMILES string of the molecule is Oc1cc(F)c(F)c(F)c1.Oc1cc(F)c(F)c(F)c1.[B]C(O)O.[Zn].[Zn]. The molecule has 0 aromatic heterocycles. The summed E-state index contributed by atoms with van der Waals surface area (Å²) in [5, 5.41) is 31.7. The second-order valence-electron chi connectivity index (χ2n) is 3.86. The summed E-state index contributed by atoms with van der Waals surface area (Å²) < 4.78 is 72.4. The second kappa shape index (κ2) is 14.0. The van der Waals surface area contributed by atoms with Gasteiger partial charge < -0.3 is 20.4 Å². The average molecular weight is 485 g/mol. The van der Waals surface area contributed by atoms with Crippen molar-refractivity contribution in [3.8, 4) is 11.5 Å². The normalized spacial score (nSPS) is 8.96. The molecule has 0 saturated carbocycles. The third-order valence-corrected chi connectivity index (χ3v) is 1.94. The van der Waals surface area contributed by atoms with Gasteiger partial charge in [0, 0.05) is 63.2 Å². The molecule has 0 unspecified atom stereocenters. The predicted octanol–water partition coefficient (Wildman–Crippen LogP) is 2.04. The Hall–Kier alpha value is -1.15. The standard InChI is InChI=1S/2C6H3F3O.CH3BO2.2Zn/c2*7-4-1-3(10)2-5(8)6(4)9;2-1(3)4;;/h2*1-2,10H;1,3-4H;;. The molecule has 0 heterocycles. The maximum atomic E-state index is 12.1. The molecule has 0 aliphatic heterocycles. The first-order valence-electron chi connectivity index (χ1n) is 5.74. The Balaban J connectivity index is -0.000000319. The Kier molecular flexibility index (Phi) is 15.9. The van der Waals surface area contributed by atoms with E-state index < -0.39 is 52.6 Å². The van der Waals surface area contributed by atoms with Gasteiger partial charge in [-0.05, 0) is 0 Å². The maximum absolute atomic E-state index is 12.1. The molecule has 13 heteroatoms. The molecule has 0 amide bonds. The molecule has 0 bridgehead atoms. The van der Waals surface area contributed by atoms with E-state index in [0.717, 1.165) is 0 Å². The smallest absolute Gasteiger partial charge is 0.194 e. The van der Waals surface area contributed by atoms with E-state index in [2.05, 4.69) is 7.85 Å². The number of aromatic hydroxyl groups is 2. The number of phenolic OH excluding ortho intramolecular Hbond substituents is 2. The van der Waals surface area contributed by atoms with Gasteiger partial charge in [0.05, 0.1) is 0 Å². The van der Waals surface area contributed by atoms with Crippen LogP contribution in [0.1, 0.15) is 0 Å². The Morgan fingerprint density at radius 3 is 0.923 bits per heavy atom. The quantitative estimate of drug-likeness (QED) is 0.200. The van der Waals surface area contributed by atoms with Gasteiger partial charge in [-0.15, -0.1) is 0 Å². The molecule has 2 rings (SSSR count). The van der Waals surface area contributed by atoms with E-state index in [9.17, 15) is 26.3 Å². The number of aliphatic hydroxyl groups excluding tert-OH is 1. The van der Waals surface area contributed by atoms with E-state index in [1.807, 2.05) is 0 Å². The second-order valence-corrected chi connectivity index (χ2v) is 3.86. The van der Waals surface area contributed by atoms with Crippen molar-refractivity contribution in [3.05, 3.63) is 59.2 Å². The van der Waals surface area contributed by atoms with Crippen molar-refractivity contribution in [2.24, 2.45) is 0 Å². The summed E-state index contributed by atoms with van der Waals surface area (Å²) in [5.74, 6) is -9.96. The predicted molar refractivity (Wildman–Crippen MR) is 69.9 cm³/mol. The summed E-state index contributed by atoms with van der Waals surface area (Å²) in [6, 6.07) is 1.99. The molecule has 2 aromatic rings. The number of phenols is 2. The molecule has 26 heavy (non-hydrogen) atoms. The number of hydrogen-bond acceptors (Lipinski definition) is 4. The van der Waals surface area contributed by atoms with Gasteiger partial charge in [-0.25, -0.2) is 26.3 Å². The Bertz CT molecular complexity index is 589. The van der Waals surface area contributed by atoms with Gasteiger partial charge in [0.15, 0.2) is 34.9 Å². The fourth-order valence-corrected chi connectivity index (χ4v) is 1.08. The summed E-state index contributed by atoms with van der Waals surface area (Å²) in [5.41, 5.74) is 0. The maximum Gasteiger partial charge on any atom is 0.194 e. The zero-order valence-electron chi connectivity index (χ0n) is 12.9. The van der Waals surface area contributed by atoms with Crippen LogP contribution in [0.5, 0.6) is 11.5 Å². The summed E-state index contributed by atoms with van der Waals surface area (Å²) in [7, 11) is 4.22. The van der Waals surface area contributed by atoms with Crippen LogP contribution >= 0.6 is 0 Å². The monoisotopic (exact) mass is 482 g/mol. The van der Waals surface area contributed by atoms with Crippen molar-refractivity contribution in [2.45, 2.75) is 6.19 Å². The summed E-state index contributed by atoms with van der Waals surface area (Å²) in [6.07, 6.45) is -1.67. The van der Waals surface area contributed by atoms with Crippen LogP contribution in [0, 0.1) is 34.9 Å². The molecule has 0 aliphatic carbocycles. The van der Waals surface area contributed by atoms with Crippen LogP contribution in [0.2, 0.25) is 0 Å². The summed E-state index contributed by atoms with van der Waals surface area (Å²) in [6.45, 7) is 0. The molecule has 4 nitrogen and oxygen atoms in total. The van der Waals surface area contributed by atoms with Crippen molar-refractivity contribution in [1.82, 2.24) is 0 Å². The zero-order chi connectivity index (χ0) is 19.0. The van der Waals surface area contributed by atoms with Crippen LogP contribution in [0.15, 0.2) is 24.3 Å². The van der Waals surface area contributed by atoms with E-state index >= 15 is 0 Å². The first-order chi connectivity index (χ1) is 11.0. The molecular formula is C13H9BF6O4Zn2. The Labute approximate surface area is 170 Å². The Morgan fingerprint density at radius 2 is 0.769 bits per heavy atom. The first kappa shape index (κ1) is 29.6. The van der Waals surface area contributed by atoms with Crippen LogP contribution in [0.3, 0.4) is 0 Å². The van der Waals surface area contributed by atoms with Gasteiger partial charge in [0.2, 0.25) is 0 Å². The first-order valence-corrected chi connectivity index (χ1v) is 5.74. The Morgan fingerprint density at radius 1 is 0.615 bits per heavy atom. The van der Waals surface area contributed by atoms with E-state index in [1.54, 1.807) is 0 Å². The van der Waals surface area contributed by atoms with E-state index in [1.165, 1.54) is 0 Å². The van der Waals surface area contributed by atoms with Crippen LogP contribution in [-0.2, 0) is 39.0 Å². The van der Waals surface area contributed by atoms with Crippen molar-refractivity contribution in [3.63, 3.8) is 0 Å². The van der Waals surface area contributed by atoms with Crippen LogP contribution < -0.4 is 0 Å². The minimum atomic E-state index is -1.67. The minimum absolute atomic E-state index is 0. The van der Waals surface area contributed by atoms with Crippen LogP contribution in [0.4, 0.5) is 26.3 Å². The number of benzene rings is 2. The molecule has 4 N–H and O–H groups in total. The van der Waals surface area contributed by atoms with Crippen molar-refractivity contribution in [1.29, 1.82) is 0 Å². The van der Waals surface area contributed by atoms with Gasteiger partial charge in [-0.3, -0.25) is 0 Å². The molecule has 2 aromatic carbocycles. The van der Waals surface area contributed by atoms with Crippen molar-refractivity contribution >= 4 is 7.85 Å². The fraction of sp³-hybridized carbons (Fsp3) is 0.0769. The fourth-order valence-electron chi connectivity index (χ4n) is 1.08. The van der Waals surface area contributed by atoms with Crippen molar-refractivity contribution in [2.75, 3.05) is 0 Å². The summed E-state index contributed by atoms with van der Waals surface area (Å²) in [4.78, 5) is 0. The minimum Gasteiger partial charge on any atom is -0.508 e. The average Bonchev–Trinajstić information content (AvgIpc) is 2.42. The van der Waals surface area contributed by atoms with Crippen molar-refractivity contribution < 1.29 is 85.7 Å². The van der Waals surface area contributed by atoms with Crippen LogP contribution in [-0.4, -0.2) is 34.5 Å². The summed E-state index contributed by atoms with van der Waals surface area (Å²) >= 11 is 0. The molecule has 134 valence electrons. The van der Waals surface area contributed by atoms with E-state index in [0.29, 0.717) is 24.3 Å². The number of rotatable bonds is 0. The molecule has 0 aliphatic rings. The topological polar surface area (TPSA) is 80.9 Å². The molecule has 2 radical (unpaired) electrons. The zero-order valence-corrected chi connectivity index (χ0v) is 18.9. The molecular weight excluding hydrogens is 476 g/mol. The van der Waals surface area contributed by atoms with Gasteiger partial charge in [0.1, 0.15) is 25.5 Å². The van der Waals surface area contributed by atoms with Gasteiger partial charge in [-0.1, -0.05) is 0 Å². The van der Waals surface area contributed by atoms with E-state index in [-0.39, 0.29) is 39.0 Å². The van der Waals surface area contributed by atoms with E-state index in [4.69, 9.17) is 20.4 Å². The number of aliphatic hydroxyl groups is 2. The van der Waals surface area contributed by atoms with Gasteiger partial charge >= 0.3 is 0 Å². The van der Waals surface area contributed by atoms with Gasteiger partial charge in [0.25, 0.3) is 0 Å². The number of hydrogen-bond donors (Lipinski definition) is 4. The molecule has 0 saturated heterocycles. The molecule has 0 fully saturated rings. The van der Waals surface area contributed by atoms with Crippen LogP contribution in [0.25, 0.3) is 0 Å². The largest absolute Gasteiger partial charge is 0.508 e. The third-order valence-electron chi connectivity index (χ3n) is 1.94. The van der Waals surface area contributed by atoms with Gasteiger partial charge in [-0.2, -0.15) is 0 Å². The third kappa shape index (κ3) is 11.5. The molecule has 0 atom stereocenters. The molecule has 0 spiro atoms. The number of halogens is 6.